The van der Waals surface area contributed by atoms with Crippen LogP contribution in [-0.2, 0) is 16.0 Å². The summed E-state index contributed by atoms with van der Waals surface area (Å²) in [7, 11) is 0. The van der Waals surface area contributed by atoms with Gasteiger partial charge in [-0.05, 0) is 18.4 Å². The molecule has 0 unspecified atom stereocenters. The number of terminal acetylenes is 1. The first kappa shape index (κ1) is 17.2. The molecule has 0 saturated heterocycles. The third-order valence-electron chi connectivity index (χ3n) is 4.63. The van der Waals surface area contributed by atoms with E-state index in [1.165, 1.54) is 0 Å². The van der Waals surface area contributed by atoms with Crippen LogP contribution in [0.4, 0.5) is 0 Å². The maximum atomic E-state index is 12.4. The molecule has 2 aliphatic rings. The van der Waals surface area contributed by atoms with Gasteiger partial charge in [-0.25, -0.2) is 0 Å². The van der Waals surface area contributed by atoms with Crippen LogP contribution in [0.15, 0.2) is 40.6 Å². The maximum absolute atomic E-state index is 12.4. The van der Waals surface area contributed by atoms with Crippen molar-refractivity contribution in [1.82, 2.24) is 10.6 Å². The molecule has 6 nitrogen and oxygen atoms in total. The van der Waals surface area contributed by atoms with Gasteiger partial charge in [0.2, 0.25) is 11.8 Å². The Kier molecular flexibility index (Phi) is 4.84. The molecule has 2 amide bonds. The van der Waals surface area contributed by atoms with E-state index in [1.807, 2.05) is 30.3 Å². The number of carbonyl (C=O) groups excluding carboxylic acids is 2. The van der Waals surface area contributed by atoms with Gasteiger partial charge in [-0.1, -0.05) is 30.3 Å². The van der Waals surface area contributed by atoms with E-state index in [-0.39, 0.29) is 18.2 Å². The van der Waals surface area contributed by atoms with Gasteiger partial charge >= 0.3 is 0 Å². The normalized spacial score (nSPS) is 18.0. The van der Waals surface area contributed by atoms with E-state index in [0.29, 0.717) is 32.2 Å². The number of hydrogen-bond donors (Lipinski definition) is 2. The molecule has 1 aliphatic heterocycles. The number of carbonyl (C=O) groups is 2. The van der Waals surface area contributed by atoms with Crippen LogP contribution in [-0.4, -0.2) is 29.6 Å². The van der Waals surface area contributed by atoms with Gasteiger partial charge in [0, 0.05) is 25.8 Å². The lowest BCUT2D eigenvalue weighted by atomic mass is 10.0. The Morgan fingerprint density at radius 1 is 1.16 bits per heavy atom. The average Bonchev–Trinajstić information content (AvgIpc) is 3.52. The molecule has 0 bridgehead atoms. The Bertz CT molecular complexity index is 711. The largest absolute Gasteiger partial charge is 0.354 e. The number of nitrogens with one attached hydrogen (secondary N) is 2. The van der Waals surface area contributed by atoms with Crippen LogP contribution in [0.25, 0.3) is 0 Å². The molecular weight excluding hydrogens is 316 g/mol. The molecule has 0 atom stereocenters. The Morgan fingerprint density at radius 2 is 1.88 bits per heavy atom. The lowest BCUT2D eigenvalue weighted by Crippen LogP contribution is -2.49. The molecule has 1 aromatic carbocycles. The van der Waals surface area contributed by atoms with Gasteiger partial charge in [0.25, 0.3) is 0 Å². The fourth-order valence-corrected chi connectivity index (χ4v) is 2.84. The summed E-state index contributed by atoms with van der Waals surface area (Å²) in [4.78, 5) is 24.6. The SMILES string of the molecule is C#CCCC1(CCNC(=O)C2(NC(=O)Cc3ccccc3)CC2)N=N1. The van der Waals surface area contributed by atoms with Gasteiger partial charge in [-0.15, -0.1) is 12.3 Å². The van der Waals surface area contributed by atoms with Crippen molar-refractivity contribution in [1.29, 1.82) is 0 Å². The molecule has 1 saturated carbocycles. The van der Waals surface area contributed by atoms with Gasteiger partial charge < -0.3 is 10.6 Å². The van der Waals surface area contributed by atoms with E-state index in [4.69, 9.17) is 6.42 Å². The summed E-state index contributed by atoms with van der Waals surface area (Å²) in [6, 6.07) is 9.50. The van der Waals surface area contributed by atoms with Crippen LogP contribution < -0.4 is 10.6 Å². The number of benzene rings is 1. The molecule has 0 spiro atoms. The van der Waals surface area contributed by atoms with E-state index < -0.39 is 11.2 Å². The molecule has 1 aromatic rings. The van der Waals surface area contributed by atoms with Crippen molar-refractivity contribution in [2.45, 2.75) is 49.7 Å². The molecule has 1 heterocycles. The number of nitrogens with zero attached hydrogens (tertiary/aromatic N) is 2. The average molecular weight is 338 g/mol. The van der Waals surface area contributed by atoms with Gasteiger partial charge in [-0.3, -0.25) is 9.59 Å². The summed E-state index contributed by atoms with van der Waals surface area (Å²) in [6.45, 7) is 0.479. The Morgan fingerprint density at radius 3 is 2.48 bits per heavy atom. The Labute approximate surface area is 147 Å². The van der Waals surface area contributed by atoms with E-state index >= 15 is 0 Å². The minimum atomic E-state index is -0.740. The number of amides is 2. The second-order valence-corrected chi connectivity index (χ2v) is 6.69. The Balaban J connectivity index is 1.42. The van der Waals surface area contributed by atoms with Crippen molar-refractivity contribution >= 4 is 11.8 Å². The van der Waals surface area contributed by atoms with Gasteiger partial charge in [0.1, 0.15) is 5.54 Å². The minimum absolute atomic E-state index is 0.123. The third kappa shape index (κ3) is 4.44. The number of hydrogen-bond acceptors (Lipinski definition) is 4. The highest BCUT2D eigenvalue weighted by molar-refractivity contribution is 5.94. The molecule has 0 radical (unpaired) electrons. The topological polar surface area (TPSA) is 82.9 Å². The van der Waals surface area contributed by atoms with Gasteiger partial charge in [0.15, 0.2) is 5.66 Å². The van der Waals surface area contributed by atoms with Crippen molar-refractivity contribution in [2.24, 2.45) is 10.2 Å². The van der Waals surface area contributed by atoms with Crippen LogP contribution >= 0.6 is 0 Å². The van der Waals surface area contributed by atoms with E-state index in [1.54, 1.807) is 0 Å². The molecule has 1 aliphatic carbocycles. The predicted octanol–water partition coefficient (Wildman–Crippen LogP) is 1.96. The first-order valence-electron chi connectivity index (χ1n) is 8.58. The molecular formula is C19H22N4O2. The van der Waals surface area contributed by atoms with Crippen molar-refractivity contribution in [3.8, 4) is 12.3 Å². The van der Waals surface area contributed by atoms with E-state index in [2.05, 4.69) is 26.8 Å². The molecule has 25 heavy (non-hydrogen) atoms. The van der Waals surface area contributed by atoms with Crippen molar-refractivity contribution in [3.63, 3.8) is 0 Å². The molecule has 3 rings (SSSR count). The first-order valence-corrected chi connectivity index (χ1v) is 8.58. The van der Waals surface area contributed by atoms with Crippen molar-refractivity contribution in [3.05, 3.63) is 35.9 Å². The summed E-state index contributed by atoms with van der Waals surface area (Å²) in [6.07, 6.45) is 8.89. The maximum Gasteiger partial charge on any atom is 0.245 e. The summed E-state index contributed by atoms with van der Waals surface area (Å²) >= 11 is 0. The quantitative estimate of drug-likeness (QED) is 0.675. The Hall–Kier alpha value is -2.68. The van der Waals surface area contributed by atoms with Crippen LogP contribution in [0.5, 0.6) is 0 Å². The van der Waals surface area contributed by atoms with E-state index in [0.717, 1.165) is 12.0 Å². The standard InChI is InChI=1S/C19H22N4O2/c1-2-3-9-19(22-23-19)12-13-20-17(25)18(10-11-18)21-16(24)14-15-7-5-4-6-8-15/h1,4-8H,3,9-14H2,(H,20,25)(H,21,24). The highest BCUT2D eigenvalue weighted by atomic mass is 16.2. The zero-order chi connectivity index (χ0) is 17.8. The fourth-order valence-electron chi connectivity index (χ4n) is 2.84. The van der Waals surface area contributed by atoms with Crippen LogP contribution in [0.3, 0.4) is 0 Å². The monoisotopic (exact) mass is 338 g/mol. The third-order valence-corrected chi connectivity index (χ3v) is 4.63. The summed E-state index contributed by atoms with van der Waals surface area (Å²) in [5, 5.41) is 13.9. The highest BCUT2D eigenvalue weighted by Crippen LogP contribution is 2.37. The predicted molar refractivity (Wildman–Crippen MR) is 93.5 cm³/mol. The molecule has 130 valence electrons. The van der Waals surface area contributed by atoms with Crippen molar-refractivity contribution in [2.75, 3.05) is 6.54 Å². The zero-order valence-corrected chi connectivity index (χ0v) is 14.1. The number of rotatable bonds is 9. The second kappa shape index (κ2) is 7.06. The molecule has 1 fully saturated rings. The summed E-state index contributed by atoms with van der Waals surface area (Å²) < 4.78 is 0. The summed E-state index contributed by atoms with van der Waals surface area (Å²) in [5.74, 6) is 2.33. The summed E-state index contributed by atoms with van der Waals surface area (Å²) in [5.41, 5.74) is -0.202. The van der Waals surface area contributed by atoms with Crippen LogP contribution in [0.1, 0.15) is 37.7 Å². The van der Waals surface area contributed by atoms with Crippen LogP contribution in [0, 0.1) is 12.3 Å². The van der Waals surface area contributed by atoms with Gasteiger partial charge in [0.05, 0.1) is 6.42 Å². The van der Waals surface area contributed by atoms with Crippen molar-refractivity contribution < 1.29 is 9.59 Å². The second-order valence-electron chi connectivity index (χ2n) is 6.69. The lowest BCUT2D eigenvalue weighted by molar-refractivity contribution is -0.129. The molecule has 6 heteroatoms. The minimum Gasteiger partial charge on any atom is -0.354 e. The zero-order valence-electron chi connectivity index (χ0n) is 14.1. The molecule has 2 N–H and O–H groups in total. The molecule has 0 aromatic heterocycles. The highest BCUT2D eigenvalue weighted by Gasteiger charge is 2.51. The lowest BCUT2D eigenvalue weighted by Gasteiger charge is -2.18. The van der Waals surface area contributed by atoms with Gasteiger partial charge in [-0.2, -0.15) is 10.2 Å². The fraction of sp³-hybridized carbons (Fsp3) is 0.474. The van der Waals surface area contributed by atoms with E-state index in [9.17, 15) is 9.59 Å². The first-order chi connectivity index (χ1) is 12.1. The van der Waals surface area contributed by atoms with Crippen LogP contribution in [0.2, 0.25) is 0 Å². The smallest absolute Gasteiger partial charge is 0.245 e.